The quantitative estimate of drug-likeness (QED) is 0.811. The van der Waals surface area contributed by atoms with E-state index in [2.05, 4.69) is 48.5 Å². The zero-order chi connectivity index (χ0) is 14.2. The molecule has 0 aliphatic rings. The molecule has 0 spiro atoms. The molecule has 2 aromatic carbocycles. The van der Waals surface area contributed by atoms with Crippen LogP contribution in [0.1, 0.15) is 22.3 Å². The van der Waals surface area contributed by atoms with Gasteiger partial charge in [-0.25, -0.2) is 0 Å². The third kappa shape index (κ3) is 4.48. The lowest BCUT2D eigenvalue weighted by molar-refractivity contribution is 0.299. The molecule has 0 atom stereocenters. The Hall–Kier alpha value is -1.64. The second kappa shape index (κ2) is 7.83. The highest BCUT2D eigenvalue weighted by atomic mass is 16.3. The molecule has 0 fully saturated rings. The Balaban J connectivity index is 1.87. The summed E-state index contributed by atoms with van der Waals surface area (Å²) >= 11 is 0. The maximum absolute atomic E-state index is 8.89. The second-order valence-electron chi connectivity index (χ2n) is 5.08. The summed E-state index contributed by atoms with van der Waals surface area (Å²) in [5.74, 6) is 0. The monoisotopic (exact) mass is 270 g/mol. The fourth-order valence-corrected chi connectivity index (χ4v) is 2.29. The summed E-state index contributed by atoms with van der Waals surface area (Å²) in [6, 6.07) is 16.9. The van der Waals surface area contributed by atoms with Crippen LogP contribution in [0.2, 0.25) is 0 Å². The minimum atomic E-state index is 0.208. The maximum atomic E-state index is 8.89. The minimum absolute atomic E-state index is 0.208. The molecule has 106 valence electrons. The van der Waals surface area contributed by atoms with Crippen molar-refractivity contribution in [2.24, 2.45) is 0 Å². The van der Waals surface area contributed by atoms with E-state index in [9.17, 15) is 0 Å². The predicted octanol–water partition coefficient (Wildman–Crippen LogP) is 2.54. The molecule has 0 aromatic heterocycles. The van der Waals surface area contributed by atoms with Crippen LogP contribution in [0.4, 0.5) is 0 Å². The fraction of sp³-hybridized carbons (Fsp3) is 0.333. The lowest BCUT2D eigenvalue weighted by Gasteiger charge is -2.05. The van der Waals surface area contributed by atoms with Gasteiger partial charge in [0.1, 0.15) is 0 Å². The molecular weight excluding hydrogens is 248 g/mol. The number of aliphatic hydroxyl groups excluding tert-OH is 2. The summed E-state index contributed by atoms with van der Waals surface area (Å²) in [4.78, 5) is 0. The van der Waals surface area contributed by atoms with Gasteiger partial charge in [-0.1, -0.05) is 48.5 Å². The van der Waals surface area contributed by atoms with Gasteiger partial charge >= 0.3 is 0 Å². The highest BCUT2D eigenvalue weighted by Crippen LogP contribution is 2.11. The van der Waals surface area contributed by atoms with Crippen LogP contribution >= 0.6 is 0 Å². The Bertz CT molecular complexity index is 450. The molecule has 2 aromatic rings. The largest absolute Gasteiger partial charge is 0.396 e. The van der Waals surface area contributed by atoms with Crippen LogP contribution in [0.15, 0.2) is 48.5 Å². The van der Waals surface area contributed by atoms with Crippen molar-refractivity contribution >= 4 is 0 Å². The molecule has 0 heterocycles. The van der Waals surface area contributed by atoms with E-state index in [1.54, 1.807) is 0 Å². The third-order valence-electron chi connectivity index (χ3n) is 3.55. The molecule has 0 radical (unpaired) electrons. The molecule has 2 heteroatoms. The van der Waals surface area contributed by atoms with Gasteiger partial charge in [0.2, 0.25) is 0 Å². The normalized spacial score (nSPS) is 10.7. The topological polar surface area (TPSA) is 40.5 Å². The average molecular weight is 270 g/mol. The molecule has 0 aliphatic heterocycles. The first-order valence-corrected chi connectivity index (χ1v) is 7.19. The second-order valence-corrected chi connectivity index (χ2v) is 5.08. The van der Waals surface area contributed by atoms with Gasteiger partial charge in [-0.15, -0.1) is 0 Å². The molecule has 0 amide bonds. The highest BCUT2D eigenvalue weighted by molar-refractivity contribution is 5.26. The number of hydrogen-bond acceptors (Lipinski definition) is 2. The van der Waals surface area contributed by atoms with Gasteiger partial charge in [-0.05, 0) is 47.9 Å². The van der Waals surface area contributed by atoms with Crippen LogP contribution in [0.25, 0.3) is 0 Å². The van der Waals surface area contributed by atoms with Gasteiger partial charge in [0.05, 0.1) is 0 Å². The highest BCUT2D eigenvalue weighted by Gasteiger charge is 1.98. The SMILES string of the molecule is OCCc1ccc(CCc2ccc(CCO)cc2)cc1. The summed E-state index contributed by atoms with van der Waals surface area (Å²) in [6.07, 6.45) is 3.51. The number of aliphatic hydroxyl groups is 2. The van der Waals surface area contributed by atoms with Gasteiger partial charge in [0, 0.05) is 13.2 Å². The van der Waals surface area contributed by atoms with E-state index in [1.165, 1.54) is 22.3 Å². The van der Waals surface area contributed by atoms with Crippen molar-refractivity contribution in [1.29, 1.82) is 0 Å². The fourth-order valence-electron chi connectivity index (χ4n) is 2.29. The van der Waals surface area contributed by atoms with Crippen molar-refractivity contribution in [1.82, 2.24) is 0 Å². The Labute approximate surface area is 120 Å². The maximum Gasteiger partial charge on any atom is 0.0471 e. The van der Waals surface area contributed by atoms with E-state index in [0.29, 0.717) is 0 Å². The lowest BCUT2D eigenvalue weighted by atomic mass is 10.0. The van der Waals surface area contributed by atoms with Crippen molar-refractivity contribution in [3.63, 3.8) is 0 Å². The molecular formula is C18H22O2. The molecule has 20 heavy (non-hydrogen) atoms. The Morgan fingerprint density at radius 3 is 0.950 bits per heavy atom. The molecule has 0 saturated heterocycles. The lowest BCUT2D eigenvalue weighted by Crippen LogP contribution is -1.95. The van der Waals surface area contributed by atoms with Crippen LogP contribution in [0, 0.1) is 0 Å². The summed E-state index contributed by atoms with van der Waals surface area (Å²) in [7, 11) is 0. The van der Waals surface area contributed by atoms with Gasteiger partial charge in [0.25, 0.3) is 0 Å². The Morgan fingerprint density at radius 2 is 0.700 bits per heavy atom. The third-order valence-corrected chi connectivity index (χ3v) is 3.55. The van der Waals surface area contributed by atoms with E-state index >= 15 is 0 Å². The molecule has 0 bridgehead atoms. The van der Waals surface area contributed by atoms with Crippen molar-refractivity contribution in [2.45, 2.75) is 25.7 Å². The molecule has 2 rings (SSSR count). The van der Waals surface area contributed by atoms with Crippen molar-refractivity contribution < 1.29 is 10.2 Å². The number of aryl methyl sites for hydroxylation is 2. The van der Waals surface area contributed by atoms with Crippen LogP contribution < -0.4 is 0 Å². The van der Waals surface area contributed by atoms with Crippen LogP contribution in [0.5, 0.6) is 0 Å². The van der Waals surface area contributed by atoms with Crippen molar-refractivity contribution in [2.75, 3.05) is 13.2 Å². The molecule has 2 nitrogen and oxygen atoms in total. The first-order chi connectivity index (χ1) is 9.81. The van der Waals surface area contributed by atoms with E-state index in [-0.39, 0.29) is 13.2 Å². The number of benzene rings is 2. The Morgan fingerprint density at radius 1 is 0.450 bits per heavy atom. The van der Waals surface area contributed by atoms with Crippen molar-refractivity contribution in [3.05, 3.63) is 70.8 Å². The van der Waals surface area contributed by atoms with Crippen molar-refractivity contribution in [3.8, 4) is 0 Å². The van der Waals surface area contributed by atoms with E-state index in [1.807, 2.05) is 0 Å². The zero-order valence-electron chi connectivity index (χ0n) is 11.8. The van der Waals surface area contributed by atoms with E-state index < -0.39 is 0 Å². The average Bonchev–Trinajstić information content (AvgIpc) is 2.49. The van der Waals surface area contributed by atoms with Gasteiger partial charge in [-0.2, -0.15) is 0 Å². The van der Waals surface area contributed by atoms with Crippen LogP contribution in [-0.4, -0.2) is 23.4 Å². The van der Waals surface area contributed by atoms with E-state index in [0.717, 1.165) is 25.7 Å². The predicted molar refractivity (Wildman–Crippen MR) is 81.9 cm³/mol. The zero-order valence-corrected chi connectivity index (χ0v) is 11.8. The Kier molecular flexibility index (Phi) is 5.78. The molecule has 0 aliphatic carbocycles. The summed E-state index contributed by atoms with van der Waals surface area (Å²) in [5.41, 5.74) is 5.02. The molecule has 0 saturated carbocycles. The van der Waals surface area contributed by atoms with Crippen LogP contribution in [-0.2, 0) is 25.7 Å². The van der Waals surface area contributed by atoms with E-state index in [4.69, 9.17) is 10.2 Å². The van der Waals surface area contributed by atoms with Gasteiger partial charge in [0.15, 0.2) is 0 Å². The first kappa shape index (κ1) is 14.8. The first-order valence-electron chi connectivity index (χ1n) is 7.19. The number of rotatable bonds is 7. The minimum Gasteiger partial charge on any atom is -0.396 e. The summed E-state index contributed by atoms with van der Waals surface area (Å²) < 4.78 is 0. The van der Waals surface area contributed by atoms with Crippen LogP contribution in [0.3, 0.4) is 0 Å². The summed E-state index contributed by atoms with van der Waals surface area (Å²) in [5, 5.41) is 17.8. The standard InChI is InChI=1S/C18H22O2/c19-13-11-17-7-3-15(4-8-17)1-2-16-5-9-18(10-6-16)12-14-20/h3-10,19-20H,1-2,11-14H2. The molecule has 2 N–H and O–H groups in total. The molecule has 0 unspecified atom stereocenters. The number of hydrogen-bond donors (Lipinski definition) is 2. The summed E-state index contributed by atoms with van der Waals surface area (Å²) in [6.45, 7) is 0.416. The van der Waals surface area contributed by atoms with Gasteiger partial charge in [-0.3, -0.25) is 0 Å². The van der Waals surface area contributed by atoms with Gasteiger partial charge < -0.3 is 10.2 Å². The smallest absolute Gasteiger partial charge is 0.0471 e.